The Morgan fingerprint density at radius 3 is 2.54 bits per heavy atom. The molecule has 5 heteroatoms. The van der Waals surface area contributed by atoms with E-state index in [0.717, 1.165) is 52.8 Å². The highest BCUT2D eigenvalue weighted by atomic mass is 32.2. The van der Waals surface area contributed by atoms with Crippen LogP contribution in [0.5, 0.6) is 0 Å². The third-order valence-corrected chi connectivity index (χ3v) is 6.19. The summed E-state index contributed by atoms with van der Waals surface area (Å²) in [5.41, 5.74) is 5.70. The standard InChI is InChI=1S/C23H22N4S/c1-17-21-14-19-16-26(15-18-8-4-2-5-9-18)12-13-28-23(19)24-22(21)27(25-17)20-10-6-3-7-11-20/h2-11,14H,12-13,15-16H2,1H3. The fraction of sp³-hybridized carbons (Fsp3) is 0.217. The number of aromatic nitrogens is 3. The molecule has 0 saturated carbocycles. The van der Waals surface area contributed by atoms with Crippen LogP contribution in [-0.2, 0) is 13.1 Å². The number of thioether (sulfide) groups is 1. The third kappa shape index (κ3) is 3.32. The van der Waals surface area contributed by atoms with Gasteiger partial charge in [-0.15, -0.1) is 11.8 Å². The van der Waals surface area contributed by atoms with Crippen LogP contribution in [0.15, 0.2) is 71.8 Å². The van der Waals surface area contributed by atoms with Crippen molar-refractivity contribution >= 4 is 22.8 Å². The number of nitrogens with zero attached hydrogens (tertiary/aromatic N) is 4. The predicted molar refractivity (Wildman–Crippen MR) is 115 cm³/mol. The second kappa shape index (κ2) is 7.41. The van der Waals surface area contributed by atoms with Crippen LogP contribution in [0.25, 0.3) is 16.7 Å². The number of pyridine rings is 1. The van der Waals surface area contributed by atoms with Crippen molar-refractivity contribution in [3.05, 3.63) is 83.6 Å². The fourth-order valence-electron chi connectivity index (χ4n) is 3.76. The lowest BCUT2D eigenvalue weighted by Gasteiger charge is -2.20. The van der Waals surface area contributed by atoms with Gasteiger partial charge in [0.15, 0.2) is 5.65 Å². The van der Waals surface area contributed by atoms with Gasteiger partial charge in [0.05, 0.1) is 11.4 Å². The van der Waals surface area contributed by atoms with Crippen molar-refractivity contribution < 1.29 is 0 Å². The minimum atomic E-state index is 0.927. The monoisotopic (exact) mass is 386 g/mol. The quantitative estimate of drug-likeness (QED) is 0.505. The molecule has 0 bridgehead atoms. The van der Waals surface area contributed by atoms with E-state index in [2.05, 4.69) is 60.4 Å². The van der Waals surface area contributed by atoms with Crippen LogP contribution in [-0.4, -0.2) is 32.0 Å². The molecule has 4 aromatic rings. The molecule has 2 aromatic carbocycles. The normalized spacial score (nSPS) is 14.8. The number of rotatable bonds is 3. The molecule has 4 nitrogen and oxygen atoms in total. The summed E-state index contributed by atoms with van der Waals surface area (Å²) in [6, 6.07) is 23.3. The van der Waals surface area contributed by atoms with Gasteiger partial charge >= 0.3 is 0 Å². The Bertz CT molecular complexity index is 1110. The highest BCUT2D eigenvalue weighted by molar-refractivity contribution is 7.99. The molecule has 2 aromatic heterocycles. The van der Waals surface area contributed by atoms with E-state index in [0.29, 0.717) is 0 Å². The van der Waals surface area contributed by atoms with Gasteiger partial charge in [0.1, 0.15) is 5.03 Å². The summed E-state index contributed by atoms with van der Waals surface area (Å²) in [4.78, 5) is 7.56. The topological polar surface area (TPSA) is 34.0 Å². The molecule has 1 aliphatic rings. The minimum Gasteiger partial charge on any atom is -0.294 e. The average molecular weight is 387 g/mol. The number of hydrogen-bond acceptors (Lipinski definition) is 4. The first-order chi connectivity index (χ1) is 13.8. The van der Waals surface area contributed by atoms with Gasteiger partial charge in [-0.1, -0.05) is 48.5 Å². The van der Waals surface area contributed by atoms with Crippen LogP contribution in [0.4, 0.5) is 0 Å². The molecule has 0 spiro atoms. The van der Waals surface area contributed by atoms with Gasteiger partial charge in [0.2, 0.25) is 0 Å². The Kier molecular flexibility index (Phi) is 4.63. The summed E-state index contributed by atoms with van der Waals surface area (Å²) in [5, 5.41) is 7.06. The largest absolute Gasteiger partial charge is 0.294 e. The minimum absolute atomic E-state index is 0.927. The Morgan fingerprint density at radius 1 is 1.00 bits per heavy atom. The summed E-state index contributed by atoms with van der Waals surface area (Å²) in [7, 11) is 0. The van der Waals surface area contributed by atoms with Crippen molar-refractivity contribution in [2.75, 3.05) is 12.3 Å². The van der Waals surface area contributed by atoms with E-state index in [1.165, 1.54) is 11.1 Å². The molecule has 0 aliphatic carbocycles. The molecule has 0 unspecified atom stereocenters. The van der Waals surface area contributed by atoms with Crippen molar-refractivity contribution in [2.24, 2.45) is 0 Å². The number of hydrogen-bond donors (Lipinski definition) is 0. The average Bonchev–Trinajstić information content (AvgIpc) is 2.92. The van der Waals surface area contributed by atoms with Crippen LogP contribution in [0, 0.1) is 6.92 Å². The van der Waals surface area contributed by atoms with E-state index in [-0.39, 0.29) is 0 Å². The van der Waals surface area contributed by atoms with E-state index in [1.54, 1.807) is 0 Å². The molecule has 0 fully saturated rings. The first-order valence-corrected chi connectivity index (χ1v) is 10.6. The second-order valence-corrected chi connectivity index (χ2v) is 8.28. The van der Waals surface area contributed by atoms with E-state index in [1.807, 2.05) is 34.6 Å². The number of benzene rings is 2. The van der Waals surface area contributed by atoms with E-state index < -0.39 is 0 Å². The zero-order valence-electron chi connectivity index (χ0n) is 15.9. The zero-order valence-corrected chi connectivity index (χ0v) is 16.7. The summed E-state index contributed by atoms with van der Waals surface area (Å²) >= 11 is 1.86. The highest BCUT2D eigenvalue weighted by Gasteiger charge is 2.20. The molecule has 3 heterocycles. The molecule has 140 valence electrons. The van der Waals surface area contributed by atoms with Gasteiger partial charge in [0.25, 0.3) is 0 Å². The molecule has 28 heavy (non-hydrogen) atoms. The molecule has 0 saturated heterocycles. The summed E-state index contributed by atoms with van der Waals surface area (Å²) in [6.07, 6.45) is 0. The van der Waals surface area contributed by atoms with Crippen LogP contribution in [0.2, 0.25) is 0 Å². The molecular formula is C23H22N4S. The predicted octanol–water partition coefficient (Wildman–Crippen LogP) is 4.84. The van der Waals surface area contributed by atoms with Crippen LogP contribution in [0.1, 0.15) is 16.8 Å². The molecule has 0 radical (unpaired) electrons. The van der Waals surface area contributed by atoms with Gasteiger partial charge in [0, 0.05) is 30.8 Å². The molecule has 0 amide bonds. The molecule has 5 rings (SSSR count). The van der Waals surface area contributed by atoms with Crippen molar-refractivity contribution in [2.45, 2.75) is 25.0 Å². The van der Waals surface area contributed by atoms with Gasteiger partial charge in [-0.05, 0) is 36.2 Å². The summed E-state index contributed by atoms with van der Waals surface area (Å²) in [6.45, 7) is 5.04. The van der Waals surface area contributed by atoms with Gasteiger partial charge in [-0.3, -0.25) is 4.90 Å². The molecule has 1 aliphatic heterocycles. The lowest BCUT2D eigenvalue weighted by Crippen LogP contribution is -2.24. The lowest BCUT2D eigenvalue weighted by atomic mass is 10.1. The molecular weight excluding hydrogens is 364 g/mol. The van der Waals surface area contributed by atoms with Crippen molar-refractivity contribution in [1.29, 1.82) is 0 Å². The second-order valence-electron chi connectivity index (χ2n) is 7.20. The van der Waals surface area contributed by atoms with E-state index in [9.17, 15) is 0 Å². The first-order valence-electron chi connectivity index (χ1n) is 9.62. The zero-order chi connectivity index (χ0) is 18.9. The Morgan fingerprint density at radius 2 is 1.75 bits per heavy atom. The summed E-state index contributed by atoms with van der Waals surface area (Å²) < 4.78 is 1.97. The number of fused-ring (bicyclic) bond motifs is 2. The number of para-hydroxylation sites is 1. The van der Waals surface area contributed by atoms with E-state index >= 15 is 0 Å². The maximum Gasteiger partial charge on any atom is 0.164 e. The maximum atomic E-state index is 5.05. The van der Waals surface area contributed by atoms with Crippen molar-refractivity contribution in [3.63, 3.8) is 0 Å². The van der Waals surface area contributed by atoms with E-state index in [4.69, 9.17) is 10.1 Å². The Labute approximate surface area is 169 Å². The smallest absolute Gasteiger partial charge is 0.164 e. The SMILES string of the molecule is Cc1nn(-c2ccccc2)c2nc3c(cc12)CN(Cc1ccccc1)CCS3. The number of aryl methyl sites for hydroxylation is 1. The third-order valence-electron chi connectivity index (χ3n) is 5.17. The Balaban J connectivity index is 1.52. The molecule has 0 N–H and O–H groups in total. The van der Waals surface area contributed by atoms with Crippen molar-refractivity contribution in [1.82, 2.24) is 19.7 Å². The van der Waals surface area contributed by atoms with Crippen LogP contribution in [0.3, 0.4) is 0 Å². The highest BCUT2D eigenvalue weighted by Crippen LogP contribution is 2.31. The lowest BCUT2D eigenvalue weighted by molar-refractivity contribution is 0.274. The van der Waals surface area contributed by atoms with Gasteiger partial charge < -0.3 is 0 Å². The van der Waals surface area contributed by atoms with Crippen LogP contribution >= 0.6 is 11.8 Å². The van der Waals surface area contributed by atoms with Gasteiger partial charge in [-0.25, -0.2) is 9.67 Å². The summed E-state index contributed by atoms with van der Waals surface area (Å²) in [5.74, 6) is 1.05. The Hall–Kier alpha value is -2.63. The maximum absolute atomic E-state index is 5.05. The van der Waals surface area contributed by atoms with Gasteiger partial charge in [-0.2, -0.15) is 5.10 Å². The first kappa shape index (κ1) is 17.5. The molecule has 0 atom stereocenters. The van der Waals surface area contributed by atoms with Crippen molar-refractivity contribution in [3.8, 4) is 5.69 Å². The fourth-order valence-corrected chi connectivity index (χ4v) is 4.77. The van der Waals surface area contributed by atoms with Crippen LogP contribution < -0.4 is 0 Å².